The van der Waals surface area contributed by atoms with Crippen LogP contribution in [0.4, 0.5) is 11.6 Å². The zero-order valence-electron chi connectivity index (χ0n) is 11.7. The number of anilines is 2. The summed E-state index contributed by atoms with van der Waals surface area (Å²) in [5, 5.41) is 3.23. The Labute approximate surface area is 113 Å². The molecule has 0 aromatic carbocycles. The van der Waals surface area contributed by atoms with E-state index in [4.69, 9.17) is 5.73 Å². The Bertz CT molecular complexity index is 488. The summed E-state index contributed by atoms with van der Waals surface area (Å²) >= 11 is 0. The van der Waals surface area contributed by atoms with E-state index in [1.54, 1.807) is 0 Å². The molecule has 0 radical (unpaired) electrons. The second-order valence-corrected chi connectivity index (χ2v) is 4.85. The van der Waals surface area contributed by atoms with Gasteiger partial charge in [-0.25, -0.2) is 9.97 Å². The number of rotatable bonds is 4. The summed E-state index contributed by atoms with van der Waals surface area (Å²) in [6, 6.07) is -0.248. The lowest BCUT2D eigenvalue weighted by molar-refractivity contribution is -0.119. The number of carbonyl (C=O) groups excluding carboxylic acids is 1. The molecule has 1 aromatic rings. The molecule has 1 aromatic heterocycles. The Hall–Kier alpha value is -1.85. The minimum atomic E-state index is -0.279. The number of aryl methyl sites for hydroxylation is 1. The molecule has 1 amide bonds. The number of nitrogens with zero attached hydrogens (tertiary/aromatic N) is 3. The van der Waals surface area contributed by atoms with Crippen LogP contribution in [0, 0.1) is 13.8 Å². The zero-order chi connectivity index (χ0) is 14.0. The minimum absolute atomic E-state index is 0.248. The number of aromatic nitrogens is 2. The fourth-order valence-corrected chi connectivity index (χ4v) is 2.55. The van der Waals surface area contributed by atoms with Crippen molar-refractivity contribution in [3.63, 3.8) is 0 Å². The van der Waals surface area contributed by atoms with Crippen molar-refractivity contribution < 1.29 is 4.79 Å². The number of carbonyl (C=O) groups is 1. The second kappa shape index (κ2) is 5.42. The van der Waals surface area contributed by atoms with Crippen molar-refractivity contribution in [1.82, 2.24) is 9.97 Å². The Morgan fingerprint density at radius 3 is 2.84 bits per heavy atom. The lowest BCUT2D eigenvalue weighted by Crippen LogP contribution is -2.41. The van der Waals surface area contributed by atoms with Crippen molar-refractivity contribution in [2.45, 2.75) is 39.7 Å². The van der Waals surface area contributed by atoms with E-state index in [1.807, 2.05) is 25.7 Å². The first-order valence-corrected chi connectivity index (χ1v) is 6.69. The van der Waals surface area contributed by atoms with Gasteiger partial charge in [0.25, 0.3) is 0 Å². The summed E-state index contributed by atoms with van der Waals surface area (Å²) in [5.74, 6) is 2.08. The van der Waals surface area contributed by atoms with Gasteiger partial charge < -0.3 is 16.0 Å². The third kappa shape index (κ3) is 2.62. The lowest BCUT2D eigenvalue weighted by Gasteiger charge is -2.26. The van der Waals surface area contributed by atoms with Gasteiger partial charge in [-0.3, -0.25) is 4.79 Å². The highest BCUT2D eigenvalue weighted by atomic mass is 16.1. The highest BCUT2D eigenvalue weighted by Gasteiger charge is 2.31. The van der Waals surface area contributed by atoms with Crippen molar-refractivity contribution in [2.24, 2.45) is 5.73 Å². The number of hydrogen-bond donors (Lipinski definition) is 2. The second-order valence-electron chi connectivity index (χ2n) is 4.85. The van der Waals surface area contributed by atoms with Gasteiger partial charge in [0.15, 0.2) is 0 Å². The minimum Gasteiger partial charge on any atom is -0.370 e. The van der Waals surface area contributed by atoms with E-state index in [1.165, 1.54) is 0 Å². The molecule has 2 heterocycles. The topological polar surface area (TPSA) is 84.1 Å². The van der Waals surface area contributed by atoms with E-state index in [9.17, 15) is 4.79 Å². The van der Waals surface area contributed by atoms with E-state index in [0.717, 1.165) is 43.1 Å². The first-order chi connectivity index (χ1) is 9.04. The van der Waals surface area contributed by atoms with E-state index in [0.29, 0.717) is 5.82 Å². The Balaban J connectivity index is 2.41. The highest BCUT2D eigenvalue weighted by molar-refractivity contribution is 5.84. The van der Waals surface area contributed by atoms with Gasteiger partial charge in [0.1, 0.15) is 23.5 Å². The molecule has 2 rings (SSSR count). The maximum atomic E-state index is 11.5. The van der Waals surface area contributed by atoms with Crippen molar-refractivity contribution in [1.29, 1.82) is 0 Å². The predicted octanol–water partition coefficient (Wildman–Crippen LogP) is 0.979. The monoisotopic (exact) mass is 263 g/mol. The van der Waals surface area contributed by atoms with Gasteiger partial charge >= 0.3 is 0 Å². The van der Waals surface area contributed by atoms with Crippen molar-refractivity contribution >= 4 is 17.5 Å². The molecular formula is C13H21N5O. The molecular weight excluding hydrogens is 242 g/mol. The first kappa shape index (κ1) is 13.6. The molecule has 1 fully saturated rings. The molecule has 6 nitrogen and oxygen atoms in total. The third-order valence-electron chi connectivity index (χ3n) is 3.43. The Morgan fingerprint density at radius 1 is 1.47 bits per heavy atom. The molecule has 0 aliphatic carbocycles. The first-order valence-electron chi connectivity index (χ1n) is 6.69. The molecule has 1 aliphatic rings. The van der Waals surface area contributed by atoms with Crippen molar-refractivity contribution in [3.05, 3.63) is 11.4 Å². The van der Waals surface area contributed by atoms with Crippen LogP contribution in [0.2, 0.25) is 0 Å². The molecule has 104 valence electrons. The van der Waals surface area contributed by atoms with E-state index < -0.39 is 0 Å². The molecule has 1 saturated heterocycles. The average Bonchev–Trinajstić information content (AvgIpc) is 2.82. The van der Waals surface area contributed by atoms with E-state index in [2.05, 4.69) is 15.3 Å². The summed E-state index contributed by atoms with van der Waals surface area (Å²) in [7, 11) is 0. The fraction of sp³-hybridized carbons (Fsp3) is 0.615. The van der Waals surface area contributed by atoms with Gasteiger partial charge in [-0.1, -0.05) is 0 Å². The van der Waals surface area contributed by atoms with Crippen LogP contribution < -0.4 is 16.0 Å². The van der Waals surface area contributed by atoms with Gasteiger partial charge in [-0.2, -0.15) is 0 Å². The van der Waals surface area contributed by atoms with Gasteiger partial charge in [-0.05, 0) is 33.6 Å². The standard InChI is InChI=1S/C13H21N5O/c1-4-15-12-8(2)13(17-9(3)16-12)18-7-5-6-10(18)11(14)19/h10H,4-7H2,1-3H3,(H2,14,19)(H,15,16,17). The fourth-order valence-electron chi connectivity index (χ4n) is 2.55. The van der Waals surface area contributed by atoms with Crippen LogP contribution in [-0.2, 0) is 4.79 Å². The summed E-state index contributed by atoms with van der Waals surface area (Å²) in [6.45, 7) is 7.48. The van der Waals surface area contributed by atoms with Crippen LogP contribution in [0.3, 0.4) is 0 Å². The number of hydrogen-bond acceptors (Lipinski definition) is 5. The molecule has 0 bridgehead atoms. The van der Waals surface area contributed by atoms with Crippen LogP contribution in [0.25, 0.3) is 0 Å². The van der Waals surface area contributed by atoms with Gasteiger partial charge in [0, 0.05) is 18.7 Å². The van der Waals surface area contributed by atoms with Crippen LogP contribution in [0.15, 0.2) is 0 Å². The molecule has 1 unspecified atom stereocenters. The number of primary amides is 1. The number of nitrogens with one attached hydrogen (secondary N) is 1. The van der Waals surface area contributed by atoms with Crippen LogP contribution >= 0.6 is 0 Å². The van der Waals surface area contributed by atoms with Crippen molar-refractivity contribution in [2.75, 3.05) is 23.3 Å². The lowest BCUT2D eigenvalue weighted by atomic mass is 10.2. The summed E-state index contributed by atoms with van der Waals surface area (Å²) in [4.78, 5) is 22.4. The maximum Gasteiger partial charge on any atom is 0.240 e. The van der Waals surface area contributed by atoms with Crippen LogP contribution in [0.1, 0.15) is 31.2 Å². The van der Waals surface area contributed by atoms with Gasteiger partial charge in [0.05, 0.1) is 0 Å². The van der Waals surface area contributed by atoms with Gasteiger partial charge in [0.2, 0.25) is 5.91 Å². The molecule has 1 aliphatic heterocycles. The molecule has 6 heteroatoms. The molecule has 3 N–H and O–H groups in total. The summed E-state index contributed by atoms with van der Waals surface area (Å²) < 4.78 is 0. The van der Waals surface area contributed by atoms with Gasteiger partial charge in [-0.15, -0.1) is 0 Å². The molecule has 0 saturated carbocycles. The number of amides is 1. The van der Waals surface area contributed by atoms with E-state index >= 15 is 0 Å². The Kier molecular flexibility index (Phi) is 3.87. The normalized spacial score (nSPS) is 18.7. The van der Waals surface area contributed by atoms with Crippen LogP contribution in [0.5, 0.6) is 0 Å². The van der Waals surface area contributed by atoms with Crippen molar-refractivity contribution in [3.8, 4) is 0 Å². The molecule has 0 spiro atoms. The zero-order valence-corrected chi connectivity index (χ0v) is 11.7. The third-order valence-corrected chi connectivity index (χ3v) is 3.43. The highest BCUT2D eigenvalue weighted by Crippen LogP contribution is 2.29. The van der Waals surface area contributed by atoms with Crippen LogP contribution in [-0.4, -0.2) is 35.0 Å². The smallest absolute Gasteiger partial charge is 0.240 e. The Morgan fingerprint density at radius 2 is 2.21 bits per heavy atom. The number of nitrogens with two attached hydrogens (primary N) is 1. The molecule has 1 atom stereocenters. The maximum absolute atomic E-state index is 11.5. The summed E-state index contributed by atoms with van der Waals surface area (Å²) in [5.41, 5.74) is 6.44. The largest absolute Gasteiger partial charge is 0.370 e. The average molecular weight is 263 g/mol. The predicted molar refractivity (Wildman–Crippen MR) is 75.2 cm³/mol. The van der Waals surface area contributed by atoms with E-state index in [-0.39, 0.29) is 11.9 Å². The summed E-state index contributed by atoms with van der Waals surface area (Å²) in [6.07, 6.45) is 1.76. The quantitative estimate of drug-likeness (QED) is 0.846. The molecule has 19 heavy (non-hydrogen) atoms. The SMILES string of the molecule is CCNc1nc(C)nc(N2CCCC2C(N)=O)c1C.